The number of hydrogen-bond donors (Lipinski definition) is 0. The van der Waals surface area contributed by atoms with Crippen molar-refractivity contribution < 1.29 is 8.78 Å². The monoisotopic (exact) mass is 671 g/mol. The smallest absolute Gasteiger partial charge is 0.123 e. The molecule has 3 nitrogen and oxygen atoms in total. The molecule has 0 aliphatic carbocycles. The fourth-order valence-electron chi connectivity index (χ4n) is 6.33. The SMILES string of the molecule is Cc1ccc(-c2ccc(CCc3cc(CCc4ccc(-c5ccc(F)cc5)nc4)cc(CCc4ccc(-c5ccc(F)cc5)nc4)c3)cn2)cc1. The van der Waals surface area contributed by atoms with Crippen molar-refractivity contribution in [2.75, 3.05) is 0 Å². The Balaban J connectivity index is 1.04. The highest BCUT2D eigenvalue weighted by molar-refractivity contribution is 5.60. The lowest BCUT2D eigenvalue weighted by atomic mass is 9.94. The molecule has 252 valence electrons. The van der Waals surface area contributed by atoms with Crippen molar-refractivity contribution in [3.8, 4) is 33.8 Å². The number of aryl methyl sites for hydroxylation is 7. The zero-order valence-corrected chi connectivity index (χ0v) is 28.7. The van der Waals surface area contributed by atoms with E-state index >= 15 is 0 Å². The van der Waals surface area contributed by atoms with E-state index in [2.05, 4.69) is 83.6 Å². The van der Waals surface area contributed by atoms with Crippen LogP contribution in [-0.2, 0) is 38.5 Å². The fourth-order valence-corrected chi connectivity index (χ4v) is 6.33. The molecule has 0 bridgehead atoms. The summed E-state index contributed by atoms with van der Waals surface area (Å²) < 4.78 is 26.8. The molecule has 0 radical (unpaired) electrons. The van der Waals surface area contributed by atoms with Crippen LogP contribution in [0.2, 0.25) is 0 Å². The summed E-state index contributed by atoms with van der Waals surface area (Å²) in [4.78, 5) is 14.1. The minimum absolute atomic E-state index is 0.249. The van der Waals surface area contributed by atoms with Gasteiger partial charge in [-0.25, -0.2) is 8.78 Å². The average Bonchev–Trinajstić information content (AvgIpc) is 3.17. The molecule has 4 aromatic carbocycles. The summed E-state index contributed by atoms with van der Waals surface area (Å²) >= 11 is 0. The van der Waals surface area contributed by atoms with Crippen LogP contribution in [0.15, 0.2) is 146 Å². The normalized spacial score (nSPS) is 11.1. The van der Waals surface area contributed by atoms with E-state index in [0.717, 1.165) is 72.3 Å². The van der Waals surface area contributed by atoms with Crippen molar-refractivity contribution in [1.82, 2.24) is 15.0 Å². The van der Waals surface area contributed by atoms with E-state index in [1.165, 1.54) is 63.2 Å². The van der Waals surface area contributed by atoms with E-state index in [-0.39, 0.29) is 11.6 Å². The van der Waals surface area contributed by atoms with Gasteiger partial charge in [-0.1, -0.05) is 66.2 Å². The molecule has 0 aliphatic heterocycles. The molecule has 0 atom stereocenters. The van der Waals surface area contributed by atoms with Gasteiger partial charge in [0.1, 0.15) is 11.6 Å². The minimum Gasteiger partial charge on any atom is -0.256 e. The second-order valence-electron chi connectivity index (χ2n) is 13.2. The Hall–Kier alpha value is -5.81. The number of rotatable bonds is 12. The molecule has 5 heteroatoms. The standard InChI is InChI=1S/C46H39F2N3/c1-32-2-13-39(14-3-32)44-23-10-33(29-49-44)4-7-36-26-37(8-5-34-11-24-45(50-30-34)40-15-19-42(47)20-16-40)28-38(27-36)9-6-35-12-25-46(51-31-35)41-17-21-43(48)22-18-41/h2-3,10-31H,4-9H2,1H3. The Bertz CT molecular complexity index is 1910. The summed E-state index contributed by atoms with van der Waals surface area (Å²) in [6.45, 7) is 2.09. The molecule has 0 fully saturated rings. The molecule has 0 unspecified atom stereocenters. The molecule has 0 N–H and O–H groups in total. The molecule has 0 amide bonds. The highest BCUT2D eigenvalue weighted by Gasteiger charge is 2.08. The van der Waals surface area contributed by atoms with E-state index in [9.17, 15) is 8.78 Å². The van der Waals surface area contributed by atoms with Crippen molar-refractivity contribution in [1.29, 1.82) is 0 Å². The van der Waals surface area contributed by atoms with Crippen LogP contribution in [0.25, 0.3) is 33.8 Å². The van der Waals surface area contributed by atoms with E-state index in [1.54, 1.807) is 24.3 Å². The maximum absolute atomic E-state index is 13.4. The molecular weight excluding hydrogens is 633 g/mol. The van der Waals surface area contributed by atoms with Gasteiger partial charge in [-0.05, 0) is 146 Å². The number of halogens is 2. The van der Waals surface area contributed by atoms with E-state index in [0.29, 0.717) is 0 Å². The van der Waals surface area contributed by atoms with Crippen molar-refractivity contribution >= 4 is 0 Å². The minimum atomic E-state index is -0.249. The van der Waals surface area contributed by atoms with Crippen LogP contribution < -0.4 is 0 Å². The highest BCUT2D eigenvalue weighted by atomic mass is 19.1. The third-order valence-corrected chi connectivity index (χ3v) is 9.32. The topological polar surface area (TPSA) is 38.7 Å². The van der Waals surface area contributed by atoms with Gasteiger partial charge >= 0.3 is 0 Å². The molecule has 0 saturated carbocycles. The van der Waals surface area contributed by atoms with E-state index in [4.69, 9.17) is 4.98 Å². The van der Waals surface area contributed by atoms with Crippen LogP contribution in [0.5, 0.6) is 0 Å². The fraction of sp³-hybridized carbons (Fsp3) is 0.152. The van der Waals surface area contributed by atoms with Gasteiger partial charge in [0.25, 0.3) is 0 Å². The zero-order chi connectivity index (χ0) is 35.0. The molecule has 3 heterocycles. The Labute approximate surface area is 298 Å². The van der Waals surface area contributed by atoms with Gasteiger partial charge in [0.05, 0.1) is 17.1 Å². The molecular formula is C46H39F2N3. The van der Waals surface area contributed by atoms with Gasteiger partial charge in [0.2, 0.25) is 0 Å². The summed E-state index contributed by atoms with van der Waals surface area (Å²) in [5, 5.41) is 0. The second-order valence-corrected chi connectivity index (χ2v) is 13.2. The lowest BCUT2D eigenvalue weighted by Gasteiger charge is -2.12. The molecule has 7 rings (SSSR count). The first-order valence-corrected chi connectivity index (χ1v) is 17.5. The summed E-state index contributed by atoms with van der Waals surface area (Å²) in [6, 6.07) is 41.0. The van der Waals surface area contributed by atoms with Crippen molar-refractivity contribution in [2.45, 2.75) is 45.4 Å². The summed E-state index contributed by atoms with van der Waals surface area (Å²) in [7, 11) is 0. The van der Waals surface area contributed by atoms with Gasteiger partial charge in [0, 0.05) is 35.3 Å². The van der Waals surface area contributed by atoms with Crippen molar-refractivity contribution in [2.24, 2.45) is 0 Å². The maximum atomic E-state index is 13.4. The van der Waals surface area contributed by atoms with Gasteiger partial charge in [-0.15, -0.1) is 0 Å². The lowest BCUT2D eigenvalue weighted by molar-refractivity contribution is 0.627. The van der Waals surface area contributed by atoms with Crippen LogP contribution in [0, 0.1) is 18.6 Å². The summed E-state index contributed by atoms with van der Waals surface area (Å²) in [5.41, 5.74) is 14.3. The number of pyridine rings is 3. The van der Waals surface area contributed by atoms with Crippen LogP contribution >= 0.6 is 0 Å². The van der Waals surface area contributed by atoms with Gasteiger partial charge in [-0.2, -0.15) is 0 Å². The third-order valence-electron chi connectivity index (χ3n) is 9.32. The summed E-state index contributed by atoms with van der Waals surface area (Å²) in [5.74, 6) is -0.498. The second kappa shape index (κ2) is 15.8. The Morgan fingerprint density at radius 3 is 0.941 bits per heavy atom. The quantitative estimate of drug-likeness (QED) is 0.130. The molecule has 51 heavy (non-hydrogen) atoms. The molecule has 0 aliphatic rings. The van der Waals surface area contributed by atoms with Crippen molar-refractivity contribution in [3.63, 3.8) is 0 Å². The van der Waals surface area contributed by atoms with Gasteiger partial charge in [-0.3, -0.25) is 15.0 Å². The average molecular weight is 672 g/mol. The molecule has 7 aromatic rings. The predicted molar refractivity (Wildman–Crippen MR) is 202 cm³/mol. The van der Waals surface area contributed by atoms with E-state index in [1.807, 2.05) is 30.7 Å². The third kappa shape index (κ3) is 9.06. The first-order valence-electron chi connectivity index (χ1n) is 17.5. The highest BCUT2D eigenvalue weighted by Crippen LogP contribution is 2.23. The number of hydrogen-bond acceptors (Lipinski definition) is 3. The van der Waals surface area contributed by atoms with Crippen LogP contribution in [-0.4, -0.2) is 15.0 Å². The molecule has 0 spiro atoms. The first kappa shape index (κ1) is 33.7. The van der Waals surface area contributed by atoms with Crippen LogP contribution in [0.4, 0.5) is 8.78 Å². The van der Waals surface area contributed by atoms with Crippen LogP contribution in [0.1, 0.15) is 38.9 Å². The zero-order valence-electron chi connectivity index (χ0n) is 28.7. The molecule has 3 aromatic heterocycles. The van der Waals surface area contributed by atoms with Crippen LogP contribution in [0.3, 0.4) is 0 Å². The summed E-state index contributed by atoms with van der Waals surface area (Å²) in [6.07, 6.45) is 11.3. The van der Waals surface area contributed by atoms with Crippen molar-refractivity contribution in [3.05, 3.63) is 197 Å². The molecule has 0 saturated heterocycles. The Morgan fingerprint density at radius 2 is 0.647 bits per heavy atom. The Morgan fingerprint density at radius 1 is 0.353 bits per heavy atom. The number of nitrogens with zero attached hydrogens (tertiary/aromatic N) is 3. The van der Waals surface area contributed by atoms with Gasteiger partial charge in [0.15, 0.2) is 0 Å². The lowest BCUT2D eigenvalue weighted by Crippen LogP contribution is -2.00. The maximum Gasteiger partial charge on any atom is 0.123 e. The first-order chi connectivity index (χ1) is 24.9. The number of aromatic nitrogens is 3. The number of benzene rings is 4. The predicted octanol–water partition coefficient (Wildman–Crippen LogP) is 10.8. The van der Waals surface area contributed by atoms with E-state index < -0.39 is 0 Å². The largest absolute Gasteiger partial charge is 0.256 e. The van der Waals surface area contributed by atoms with Gasteiger partial charge < -0.3 is 0 Å². The Kier molecular flexibility index (Phi) is 10.4.